The van der Waals surface area contributed by atoms with Gasteiger partial charge in [-0.3, -0.25) is 14.7 Å². The van der Waals surface area contributed by atoms with Gasteiger partial charge >= 0.3 is 0 Å². The quantitative estimate of drug-likeness (QED) is 0.474. The minimum Gasteiger partial charge on any atom is -0.494 e. The topological polar surface area (TPSA) is 101 Å². The van der Waals surface area contributed by atoms with Crippen molar-refractivity contribution in [3.63, 3.8) is 0 Å². The Morgan fingerprint density at radius 2 is 1.74 bits per heavy atom. The fraction of sp³-hybridized carbons (Fsp3) is 0.217. The predicted molar refractivity (Wildman–Crippen MR) is 116 cm³/mol. The van der Waals surface area contributed by atoms with E-state index < -0.39 is 16.1 Å². The van der Waals surface area contributed by atoms with Gasteiger partial charge in [0.1, 0.15) is 5.75 Å². The van der Waals surface area contributed by atoms with E-state index >= 15 is 0 Å². The number of likely N-dealkylation sites (N-methyl/N-ethyl adjacent to an activating group) is 1. The highest BCUT2D eigenvalue weighted by Crippen LogP contribution is 2.55. The largest absolute Gasteiger partial charge is 0.494 e. The summed E-state index contributed by atoms with van der Waals surface area (Å²) in [5.74, 6) is 0.461. The molecule has 2 aliphatic heterocycles. The first-order chi connectivity index (χ1) is 14.7. The van der Waals surface area contributed by atoms with E-state index in [4.69, 9.17) is 4.74 Å². The molecule has 0 saturated heterocycles. The third-order valence-electron chi connectivity index (χ3n) is 6.47. The van der Waals surface area contributed by atoms with Crippen molar-refractivity contribution >= 4 is 17.5 Å². The average molecular weight is 419 g/mol. The van der Waals surface area contributed by atoms with Crippen molar-refractivity contribution < 1.29 is 19.9 Å². The molecule has 5 rings (SSSR count). The zero-order valence-electron chi connectivity index (χ0n) is 17.2. The molecule has 3 heterocycles. The fourth-order valence-electron chi connectivity index (χ4n) is 4.72. The Balaban J connectivity index is 1.62. The first-order valence-corrected chi connectivity index (χ1v) is 9.81. The van der Waals surface area contributed by atoms with Crippen molar-refractivity contribution in [1.29, 1.82) is 0 Å². The molecule has 1 aromatic heterocycles. The van der Waals surface area contributed by atoms with Gasteiger partial charge in [0.05, 0.1) is 16.0 Å². The van der Waals surface area contributed by atoms with Gasteiger partial charge in [0, 0.05) is 42.6 Å². The molecule has 0 amide bonds. The molecule has 0 fully saturated rings. The van der Waals surface area contributed by atoms with Crippen LogP contribution in [0.5, 0.6) is 17.5 Å². The van der Waals surface area contributed by atoms with Crippen LogP contribution in [0.4, 0.5) is 11.4 Å². The van der Waals surface area contributed by atoms with E-state index in [-0.39, 0.29) is 17.4 Å². The van der Waals surface area contributed by atoms with Gasteiger partial charge in [0.15, 0.2) is 11.8 Å². The normalized spacial score (nSPS) is 20.4. The Morgan fingerprint density at radius 3 is 2.42 bits per heavy atom. The minimum atomic E-state index is -0.849. The van der Waals surface area contributed by atoms with Crippen LogP contribution in [0.3, 0.4) is 0 Å². The highest BCUT2D eigenvalue weighted by atomic mass is 16.6. The number of nitro benzene ring substituents is 1. The monoisotopic (exact) mass is 419 g/mol. The number of non-ortho nitro benzene ring substituents is 1. The third kappa shape index (κ3) is 2.41. The summed E-state index contributed by atoms with van der Waals surface area (Å²) in [6.45, 7) is 4.13. The number of anilines is 1. The molecule has 0 aliphatic carbocycles. The molecule has 8 nitrogen and oxygen atoms in total. The van der Waals surface area contributed by atoms with Crippen LogP contribution in [-0.4, -0.2) is 32.5 Å². The predicted octanol–water partition coefficient (Wildman–Crippen LogP) is 4.33. The van der Waals surface area contributed by atoms with Crippen molar-refractivity contribution in [3.8, 4) is 23.2 Å². The molecule has 31 heavy (non-hydrogen) atoms. The lowest BCUT2D eigenvalue weighted by Crippen LogP contribution is -2.58. The Kier molecular flexibility index (Phi) is 3.71. The third-order valence-corrected chi connectivity index (χ3v) is 6.47. The van der Waals surface area contributed by atoms with Gasteiger partial charge in [-0.05, 0) is 55.8 Å². The number of hydrogen-bond acceptors (Lipinski definition) is 6. The zero-order chi connectivity index (χ0) is 22.1. The molecule has 0 bridgehead atoms. The van der Waals surface area contributed by atoms with Gasteiger partial charge in [0.25, 0.3) is 5.69 Å². The molecule has 2 aliphatic rings. The fourth-order valence-corrected chi connectivity index (χ4v) is 4.72. The van der Waals surface area contributed by atoms with Crippen LogP contribution >= 0.6 is 0 Å². The van der Waals surface area contributed by atoms with Crippen molar-refractivity contribution in [2.24, 2.45) is 0 Å². The molecule has 158 valence electrons. The number of hydrogen-bond donors (Lipinski definition) is 2. The summed E-state index contributed by atoms with van der Waals surface area (Å²) in [4.78, 5) is 12.7. The molecular formula is C23H21N3O5. The molecule has 0 saturated carbocycles. The van der Waals surface area contributed by atoms with Crippen LogP contribution in [-0.2, 0) is 5.41 Å². The summed E-state index contributed by atoms with van der Waals surface area (Å²) in [6, 6.07) is 13.1. The maximum Gasteiger partial charge on any atom is 0.270 e. The minimum absolute atomic E-state index is 0.0150. The molecule has 1 unspecified atom stereocenters. The van der Waals surface area contributed by atoms with Gasteiger partial charge in [0.2, 0.25) is 5.72 Å². The number of ether oxygens (including phenoxy) is 1. The van der Waals surface area contributed by atoms with E-state index in [0.29, 0.717) is 17.0 Å². The number of nitrogens with zero attached hydrogens (tertiary/aromatic N) is 3. The van der Waals surface area contributed by atoms with E-state index in [1.807, 2.05) is 42.3 Å². The molecule has 2 aromatic carbocycles. The second kappa shape index (κ2) is 6.04. The molecule has 3 aromatic rings. The molecule has 1 spiro atoms. The van der Waals surface area contributed by atoms with Gasteiger partial charge in [-0.15, -0.1) is 0 Å². The summed E-state index contributed by atoms with van der Waals surface area (Å²) in [7, 11) is 1.94. The number of fused-ring (bicyclic) bond motifs is 2. The second-order valence-electron chi connectivity index (χ2n) is 8.38. The summed E-state index contributed by atoms with van der Waals surface area (Å²) in [5.41, 5.74) is 1.86. The lowest BCUT2D eigenvalue weighted by Gasteiger charge is -2.45. The van der Waals surface area contributed by atoms with Gasteiger partial charge in [-0.1, -0.05) is 0 Å². The number of aromatic nitrogens is 1. The lowest BCUT2D eigenvalue weighted by molar-refractivity contribution is -0.384. The number of nitro groups is 1. The molecule has 2 N–H and O–H groups in total. The second-order valence-corrected chi connectivity index (χ2v) is 8.38. The first-order valence-electron chi connectivity index (χ1n) is 9.81. The van der Waals surface area contributed by atoms with E-state index in [2.05, 4.69) is 13.8 Å². The van der Waals surface area contributed by atoms with Crippen LogP contribution in [0.1, 0.15) is 25.0 Å². The highest BCUT2D eigenvalue weighted by molar-refractivity contribution is 5.74. The number of aromatic hydroxyl groups is 2. The Labute approximate surface area is 178 Å². The highest BCUT2D eigenvalue weighted by Gasteiger charge is 2.57. The van der Waals surface area contributed by atoms with Crippen LogP contribution in [0.25, 0.3) is 11.8 Å². The van der Waals surface area contributed by atoms with Gasteiger partial charge < -0.3 is 19.8 Å². The van der Waals surface area contributed by atoms with E-state index in [9.17, 15) is 20.3 Å². The van der Waals surface area contributed by atoms with Gasteiger partial charge in [-0.25, -0.2) is 0 Å². The van der Waals surface area contributed by atoms with Crippen molar-refractivity contribution in [2.45, 2.75) is 25.0 Å². The maximum atomic E-state index is 11.1. The summed E-state index contributed by atoms with van der Waals surface area (Å²) >= 11 is 0. The average Bonchev–Trinajstić information content (AvgIpc) is 3.15. The number of benzene rings is 2. The van der Waals surface area contributed by atoms with Crippen molar-refractivity contribution in [3.05, 3.63) is 75.8 Å². The van der Waals surface area contributed by atoms with Gasteiger partial charge in [-0.2, -0.15) is 0 Å². The summed E-state index contributed by atoms with van der Waals surface area (Å²) in [5, 5.41) is 31.4. The van der Waals surface area contributed by atoms with E-state index in [1.54, 1.807) is 6.07 Å². The number of rotatable bonds is 2. The van der Waals surface area contributed by atoms with E-state index in [1.165, 1.54) is 28.8 Å². The van der Waals surface area contributed by atoms with Crippen LogP contribution in [0.2, 0.25) is 0 Å². The van der Waals surface area contributed by atoms with Crippen LogP contribution in [0, 0.1) is 10.1 Å². The first kappa shape index (κ1) is 19.0. The van der Waals surface area contributed by atoms with Crippen molar-refractivity contribution in [1.82, 2.24) is 4.57 Å². The zero-order valence-corrected chi connectivity index (χ0v) is 17.2. The Hall–Kier alpha value is -3.94. The molecule has 0 radical (unpaired) electrons. The SMILES string of the molecule is CN1c2ccc(-n3c(O)ccc3O)cc2C(C)(C)C12C=Cc1cc([N+](=O)[O-])ccc1O2. The van der Waals surface area contributed by atoms with Crippen molar-refractivity contribution in [2.75, 3.05) is 11.9 Å². The van der Waals surface area contributed by atoms with Crippen LogP contribution in [0.15, 0.2) is 54.6 Å². The summed E-state index contributed by atoms with van der Waals surface area (Å²) < 4.78 is 7.88. The molecule has 1 atom stereocenters. The molecular weight excluding hydrogens is 398 g/mol. The Morgan fingerprint density at radius 1 is 1.03 bits per heavy atom. The standard InChI is InChI=1S/C23H21N3O5/c1-22(2)17-13-15(25-20(27)8-9-21(25)28)4-6-18(17)24(3)23(22)11-10-14-12-16(26(29)30)5-7-19(14)31-23/h4-13,27-28H,1-3H3. The maximum absolute atomic E-state index is 11.1. The lowest BCUT2D eigenvalue weighted by atomic mass is 9.76. The van der Waals surface area contributed by atoms with E-state index in [0.717, 1.165) is 11.3 Å². The smallest absolute Gasteiger partial charge is 0.270 e. The van der Waals surface area contributed by atoms with Crippen LogP contribution < -0.4 is 9.64 Å². The Bertz CT molecular complexity index is 1260. The molecule has 8 heteroatoms. The summed E-state index contributed by atoms with van der Waals surface area (Å²) in [6.07, 6.45) is 3.80.